The molecule has 2 aromatic rings. The van der Waals surface area contributed by atoms with Gasteiger partial charge < -0.3 is 5.11 Å². The maximum Gasteiger partial charge on any atom is 0.323 e. The monoisotopic (exact) mass is 454 g/mol. The molecule has 8 nitrogen and oxygen atoms in total. The molecule has 31 heavy (non-hydrogen) atoms. The maximum absolute atomic E-state index is 13.2. The lowest BCUT2D eigenvalue weighted by molar-refractivity contribution is -0.136. The quantitative estimate of drug-likeness (QED) is 0.549. The molecule has 156 valence electrons. The van der Waals surface area contributed by atoms with Crippen molar-refractivity contribution in [2.75, 3.05) is 18.0 Å². The molecular weight excluding hydrogens is 440 g/mol. The van der Waals surface area contributed by atoms with Gasteiger partial charge >= 0.3 is 5.97 Å². The van der Waals surface area contributed by atoms with Crippen LogP contribution < -0.4 is 4.90 Å². The van der Waals surface area contributed by atoms with E-state index in [1.807, 2.05) is 0 Å². The van der Waals surface area contributed by atoms with Gasteiger partial charge in [0.25, 0.3) is 11.8 Å². The van der Waals surface area contributed by atoms with Crippen molar-refractivity contribution >= 4 is 63.3 Å². The van der Waals surface area contributed by atoms with Crippen LogP contribution in [0.2, 0.25) is 5.02 Å². The number of carboxylic acids is 1. The second-order valence-electron chi connectivity index (χ2n) is 6.53. The average Bonchev–Trinajstić information content (AvgIpc) is 3.18. The van der Waals surface area contributed by atoms with Gasteiger partial charge in [0.2, 0.25) is 0 Å². The number of benzene rings is 1. The number of rotatable bonds is 5. The summed E-state index contributed by atoms with van der Waals surface area (Å²) >= 11 is 7.19. The van der Waals surface area contributed by atoms with Crippen LogP contribution in [0.25, 0.3) is 5.57 Å². The third-order valence-electron chi connectivity index (χ3n) is 4.59. The lowest BCUT2D eigenvalue weighted by Crippen LogP contribution is -2.33. The molecule has 1 N–H and O–H groups in total. The van der Waals surface area contributed by atoms with Gasteiger partial charge in [-0.05, 0) is 23.9 Å². The van der Waals surface area contributed by atoms with Crippen molar-refractivity contribution in [1.29, 1.82) is 0 Å². The zero-order valence-corrected chi connectivity index (χ0v) is 17.6. The van der Waals surface area contributed by atoms with Gasteiger partial charge in [-0.2, -0.15) is 0 Å². The van der Waals surface area contributed by atoms with E-state index in [0.717, 1.165) is 16.7 Å². The topological polar surface area (TPSA) is 103 Å². The van der Waals surface area contributed by atoms with Crippen LogP contribution in [0.1, 0.15) is 5.56 Å². The number of amidine groups is 1. The van der Waals surface area contributed by atoms with Crippen molar-refractivity contribution in [3.05, 3.63) is 70.9 Å². The second-order valence-corrected chi connectivity index (χ2v) is 7.92. The van der Waals surface area contributed by atoms with E-state index < -0.39 is 24.3 Å². The van der Waals surface area contributed by atoms with Crippen molar-refractivity contribution in [2.24, 2.45) is 4.99 Å². The number of carbonyl (C=O) groups excluding carboxylic acids is 2. The first-order valence-corrected chi connectivity index (χ1v) is 10.3. The number of carboxylic acid groups (broad SMARTS) is 1. The number of pyridine rings is 1. The number of nitrogens with zero attached hydrogens (tertiary/aromatic N) is 4. The number of anilines is 1. The Bertz CT molecular complexity index is 1190. The first-order chi connectivity index (χ1) is 14.9. The summed E-state index contributed by atoms with van der Waals surface area (Å²) in [5.74, 6) is -2.10. The Labute approximate surface area is 186 Å². The average molecular weight is 455 g/mol. The zero-order chi connectivity index (χ0) is 22.1. The van der Waals surface area contributed by atoms with E-state index >= 15 is 0 Å². The Hall–Kier alpha value is -3.43. The van der Waals surface area contributed by atoms with Crippen molar-refractivity contribution < 1.29 is 19.5 Å². The third-order valence-corrected chi connectivity index (χ3v) is 5.95. The number of halogens is 1. The highest BCUT2D eigenvalue weighted by atomic mass is 35.5. The molecule has 0 radical (unpaired) electrons. The summed E-state index contributed by atoms with van der Waals surface area (Å²) in [5.41, 5.74) is 1.54. The number of para-hydroxylation sites is 1. The molecule has 0 saturated carbocycles. The fraction of sp³-hybridized carbons (Fsp3) is 0.0952. The number of amides is 2. The highest BCUT2D eigenvalue weighted by Crippen LogP contribution is 2.45. The Balaban J connectivity index is 1.85. The molecule has 2 amide bonds. The van der Waals surface area contributed by atoms with Gasteiger partial charge in [-0.1, -0.05) is 35.9 Å². The molecular formula is C21H15ClN4O4S. The summed E-state index contributed by atoms with van der Waals surface area (Å²) in [7, 11) is 0. The smallest absolute Gasteiger partial charge is 0.323 e. The van der Waals surface area contributed by atoms with Gasteiger partial charge in [-0.15, -0.1) is 6.58 Å². The normalized spacial score (nSPS) is 19.3. The van der Waals surface area contributed by atoms with Crippen LogP contribution in [-0.2, 0) is 14.4 Å². The molecule has 10 heteroatoms. The Morgan fingerprint density at radius 1 is 1.23 bits per heavy atom. The summed E-state index contributed by atoms with van der Waals surface area (Å²) < 4.78 is 0. The molecule has 1 saturated heterocycles. The molecule has 3 heterocycles. The summed E-state index contributed by atoms with van der Waals surface area (Å²) in [6, 6.07) is 8.40. The number of fused-ring (bicyclic) bond motifs is 1. The van der Waals surface area contributed by atoms with Crippen LogP contribution in [0.4, 0.5) is 11.4 Å². The summed E-state index contributed by atoms with van der Waals surface area (Å²) in [4.78, 5) is 48.8. The van der Waals surface area contributed by atoms with E-state index in [9.17, 15) is 19.5 Å². The molecule has 0 spiro atoms. The Morgan fingerprint density at radius 2 is 2.00 bits per heavy atom. The molecule has 1 aromatic heterocycles. The standard InChI is InChI=1S/C21H15ClN4O4S/c1-2-9-25-20(30)18(31-21(25)24-14-7-8-23-10-13(14)22)17-12-5-3-4-6-15(12)26(19(17)29)11-16(27)28/h2-8,10H,1,9,11H2,(H,27,28)/b18-17-,24-21?. The molecule has 0 unspecified atom stereocenters. The van der Waals surface area contributed by atoms with E-state index in [1.54, 1.807) is 36.4 Å². The first-order valence-electron chi connectivity index (χ1n) is 9.08. The third kappa shape index (κ3) is 3.73. The van der Waals surface area contributed by atoms with E-state index in [0.29, 0.717) is 27.1 Å². The van der Waals surface area contributed by atoms with Crippen LogP contribution in [0.15, 0.2) is 65.3 Å². The van der Waals surface area contributed by atoms with E-state index in [-0.39, 0.29) is 17.0 Å². The van der Waals surface area contributed by atoms with Gasteiger partial charge in [-0.25, -0.2) is 4.99 Å². The van der Waals surface area contributed by atoms with Gasteiger partial charge in [0.05, 0.1) is 26.9 Å². The first kappa shape index (κ1) is 20.8. The van der Waals surface area contributed by atoms with Crippen molar-refractivity contribution in [3.8, 4) is 0 Å². The number of aromatic nitrogens is 1. The van der Waals surface area contributed by atoms with E-state index in [1.165, 1.54) is 17.3 Å². The minimum Gasteiger partial charge on any atom is -0.480 e. The number of aliphatic imine (C=N–C) groups is 1. The highest BCUT2D eigenvalue weighted by molar-refractivity contribution is 8.18. The van der Waals surface area contributed by atoms with Crippen LogP contribution in [0.5, 0.6) is 0 Å². The molecule has 4 rings (SSSR count). The van der Waals surface area contributed by atoms with Gasteiger partial charge in [0.1, 0.15) is 6.54 Å². The maximum atomic E-state index is 13.2. The number of aliphatic carboxylic acids is 1. The molecule has 1 aromatic carbocycles. The molecule has 0 aliphatic carbocycles. The summed E-state index contributed by atoms with van der Waals surface area (Å²) in [6.45, 7) is 3.36. The molecule has 1 fully saturated rings. The van der Waals surface area contributed by atoms with Gasteiger partial charge in [0.15, 0.2) is 5.17 Å². The fourth-order valence-electron chi connectivity index (χ4n) is 3.28. The predicted molar refractivity (Wildman–Crippen MR) is 119 cm³/mol. The van der Waals surface area contributed by atoms with Crippen LogP contribution in [0, 0.1) is 0 Å². The SMILES string of the molecule is C=CCN1C(=O)/C(=C2/C(=O)N(CC(=O)O)c3ccccc32)SC1=Nc1ccncc1Cl. The largest absolute Gasteiger partial charge is 0.480 e. The number of hydrogen-bond donors (Lipinski definition) is 1. The second kappa shape index (κ2) is 8.37. The van der Waals surface area contributed by atoms with Crippen LogP contribution >= 0.6 is 23.4 Å². The van der Waals surface area contributed by atoms with E-state index in [2.05, 4.69) is 16.6 Å². The molecule has 2 aliphatic heterocycles. The fourth-order valence-corrected chi connectivity index (χ4v) is 4.54. The minimum atomic E-state index is -1.15. The molecule has 0 bridgehead atoms. The minimum absolute atomic E-state index is 0.159. The lowest BCUT2D eigenvalue weighted by atomic mass is 10.1. The molecule has 2 aliphatic rings. The van der Waals surface area contributed by atoms with Gasteiger partial charge in [0, 0.05) is 24.5 Å². The Kier molecular flexibility index (Phi) is 5.62. The highest BCUT2D eigenvalue weighted by Gasteiger charge is 2.42. The summed E-state index contributed by atoms with van der Waals surface area (Å²) in [5, 5.41) is 9.88. The summed E-state index contributed by atoms with van der Waals surface area (Å²) in [6.07, 6.45) is 4.53. The van der Waals surface area contributed by atoms with Gasteiger partial charge in [-0.3, -0.25) is 29.2 Å². The van der Waals surface area contributed by atoms with Crippen molar-refractivity contribution in [1.82, 2.24) is 9.88 Å². The number of hydrogen-bond acceptors (Lipinski definition) is 6. The Morgan fingerprint density at radius 3 is 2.71 bits per heavy atom. The number of carbonyl (C=O) groups is 3. The van der Waals surface area contributed by atoms with Crippen LogP contribution in [-0.4, -0.2) is 51.0 Å². The van der Waals surface area contributed by atoms with Crippen molar-refractivity contribution in [2.45, 2.75) is 0 Å². The predicted octanol–water partition coefficient (Wildman–Crippen LogP) is 3.33. The van der Waals surface area contributed by atoms with Crippen molar-refractivity contribution in [3.63, 3.8) is 0 Å². The number of thioether (sulfide) groups is 1. The van der Waals surface area contributed by atoms with E-state index in [4.69, 9.17) is 11.6 Å². The lowest BCUT2D eigenvalue weighted by Gasteiger charge is -2.14. The molecule has 0 atom stereocenters. The van der Waals surface area contributed by atoms with Crippen LogP contribution in [0.3, 0.4) is 0 Å². The zero-order valence-electron chi connectivity index (χ0n) is 16.0.